The molecule has 1 aromatic carbocycles. The zero-order chi connectivity index (χ0) is 19.8. The molecule has 27 heavy (non-hydrogen) atoms. The molecule has 142 valence electrons. The number of ether oxygens (including phenoxy) is 1. The summed E-state index contributed by atoms with van der Waals surface area (Å²) in [7, 11) is 0. The molecule has 0 bridgehead atoms. The summed E-state index contributed by atoms with van der Waals surface area (Å²) in [6.45, 7) is 2.59. The molecule has 0 radical (unpaired) electrons. The number of urea groups is 1. The van der Waals surface area contributed by atoms with Crippen molar-refractivity contribution in [1.29, 1.82) is 0 Å². The molecule has 1 aliphatic rings. The molecular formula is C18H18ClN3O4S. The molecule has 0 saturated carbocycles. The minimum absolute atomic E-state index is 0.0993. The zero-order valence-electron chi connectivity index (χ0n) is 15.0. The van der Waals surface area contributed by atoms with Crippen molar-refractivity contribution in [3.8, 4) is 0 Å². The highest BCUT2D eigenvalue weighted by molar-refractivity contribution is 7.98. The molecule has 0 spiro atoms. The van der Waals surface area contributed by atoms with Crippen LogP contribution in [-0.4, -0.2) is 46.1 Å². The predicted octanol–water partition coefficient (Wildman–Crippen LogP) is 2.98. The predicted molar refractivity (Wildman–Crippen MR) is 103 cm³/mol. The Labute approximate surface area is 165 Å². The average molecular weight is 408 g/mol. The largest absolute Gasteiger partial charge is 0.459 e. The highest BCUT2D eigenvalue weighted by atomic mass is 35.5. The first-order valence-electron chi connectivity index (χ1n) is 8.14. The third-order valence-electron chi connectivity index (χ3n) is 4.17. The summed E-state index contributed by atoms with van der Waals surface area (Å²) in [6, 6.07) is 7.01. The van der Waals surface area contributed by atoms with Gasteiger partial charge in [-0.15, -0.1) is 11.8 Å². The average Bonchev–Trinajstić information content (AvgIpc) is 2.81. The number of aromatic nitrogens is 1. The van der Waals surface area contributed by atoms with Crippen LogP contribution < -0.4 is 5.32 Å². The maximum atomic E-state index is 12.1. The van der Waals surface area contributed by atoms with Gasteiger partial charge in [0, 0.05) is 15.8 Å². The number of nitrogens with one attached hydrogen (secondary N) is 1. The fourth-order valence-corrected chi connectivity index (χ4v) is 3.32. The summed E-state index contributed by atoms with van der Waals surface area (Å²) < 4.78 is 5.19. The number of thioether (sulfide) groups is 1. The number of carbonyl (C=O) groups is 3. The lowest BCUT2D eigenvalue weighted by Crippen LogP contribution is -2.41. The van der Waals surface area contributed by atoms with Crippen molar-refractivity contribution < 1.29 is 19.1 Å². The molecule has 0 aliphatic carbocycles. The van der Waals surface area contributed by atoms with Crippen LogP contribution in [0, 0.1) is 0 Å². The molecule has 1 aliphatic heterocycles. The standard InChI is InChI=1S/C18H18ClN3O4S/c1-18(2)16(24)22(17(25)21-18)8-14(23)26-9-11-6-10-4-5-12(27-3)7-13(10)20-15(11)19/h4-7H,8-9H2,1-3H3,(H,21,25). The number of carbonyl (C=O) groups excluding carboxylic acids is 3. The van der Waals surface area contributed by atoms with Crippen molar-refractivity contribution in [2.24, 2.45) is 0 Å². The van der Waals surface area contributed by atoms with Crippen LogP contribution >= 0.6 is 23.4 Å². The van der Waals surface area contributed by atoms with Gasteiger partial charge >= 0.3 is 12.0 Å². The van der Waals surface area contributed by atoms with E-state index >= 15 is 0 Å². The lowest BCUT2D eigenvalue weighted by Gasteiger charge is -2.15. The fraction of sp³-hybridized carbons (Fsp3) is 0.333. The number of hydrogen-bond donors (Lipinski definition) is 1. The second-order valence-corrected chi connectivity index (χ2v) is 7.84. The summed E-state index contributed by atoms with van der Waals surface area (Å²) >= 11 is 7.80. The van der Waals surface area contributed by atoms with Crippen LogP contribution in [0.3, 0.4) is 0 Å². The zero-order valence-corrected chi connectivity index (χ0v) is 16.6. The second-order valence-electron chi connectivity index (χ2n) is 6.60. The van der Waals surface area contributed by atoms with Gasteiger partial charge in [-0.1, -0.05) is 17.7 Å². The van der Waals surface area contributed by atoms with E-state index in [1.54, 1.807) is 31.7 Å². The van der Waals surface area contributed by atoms with Gasteiger partial charge in [-0.2, -0.15) is 0 Å². The third kappa shape index (κ3) is 4.01. The Morgan fingerprint density at radius 2 is 2.07 bits per heavy atom. The maximum Gasteiger partial charge on any atom is 0.326 e. The van der Waals surface area contributed by atoms with Gasteiger partial charge in [0.2, 0.25) is 0 Å². The maximum absolute atomic E-state index is 12.1. The first kappa shape index (κ1) is 19.4. The lowest BCUT2D eigenvalue weighted by atomic mass is 10.1. The Morgan fingerprint density at radius 3 is 2.70 bits per heavy atom. The SMILES string of the molecule is CSc1ccc2cc(COC(=O)CN3C(=O)NC(C)(C)C3=O)c(Cl)nc2c1. The van der Waals surface area contributed by atoms with Crippen molar-refractivity contribution in [2.45, 2.75) is 30.9 Å². The monoisotopic (exact) mass is 407 g/mol. The summed E-state index contributed by atoms with van der Waals surface area (Å²) in [6.07, 6.45) is 1.98. The Bertz CT molecular complexity index is 948. The van der Waals surface area contributed by atoms with Gasteiger partial charge in [0.25, 0.3) is 5.91 Å². The molecular weight excluding hydrogens is 390 g/mol. The number of pyridine rings is 1. The summed E-state index contributed by atoms with van der Waals surface area (Å²) in [4.78, 5) is 42.2. The highest BCUT2D eigenvalue weighted by Crippen LogP contribution is 2.25. The smallest absolute Gasteiger partial charge is 0.326 e. The number of amides is 3. The quantitative estimate of drug-likeness (QED) is 0.355. The molecule has 3 rings (SSSR count). The van der Waals surface area contributed by atoms with Crippen LogP contribution in [0.15, 0.2) is 29.2 Å². The minimum Gasteiger partial charge on any atom is -0.459 e. The van der Waals surface area contributed by atoms with Gasteiger partial charge in [-0.05, 0) is 38.3 Å². The van der Waals surface area contributed by atoms with E-state index in [1.165, 1.54) is 0 Å². The molecule has 1 aromatic heterocycles. The van der Waals surface area contributed by atoms with Crippen LogP contribution in [0.25, 0.3) is 10.9 Å². The fourth-order valence-electron chi connectivity index (χ4n) is 2.69. The molecule has 7 nitrogen and oxygen atoms in total. The molecule has 1 saturated heterocycles. The van der Waals surface area contributed by atoms with Gasteiger partial charge in [-0.3, -0.25) is 14.5 Å². The van der Waals surface area contributed by atoms with E-state index in [1.807, 2.05) is 24.5 Å². The lowest BCUT2D eigenvalue weighted by molar-refractivity contribution is -0.148. The van der Waals surface area contributed by atoms with Gasteiger partial charge in [0.05, 0.1) is 5.52 Å². The molecule has 0 atom stereocenters. The van der Waals surface area contributed by atoms with Crippen LogP contribution in [0.5, 0.6) is 0 Å². The van der Waals surface area contributed by atoms with E-state index in [4.69, 9.17) is 16.3 Å². The van der Waals surface area contributed by atoms with E-state index in [0.717, 1.165) is 20.7 Å². The van der Waals surface area contributed by atoms with Crippen LogP contribution in [0.4, 0.5) is 4.79 Å². The third-order valence-corrected chi connectivity index (χ3v) is 5.22. The highest BCUT2D eigenvalue weighted by Gasteiger charge is 2.45. The molecule has 0 unspecified atom stereocenters. The van der Waals surface area contributed by atoms with E-state index in [0.29, 0.717) is 5.56 Å². The number of esters is 1. The molecule has 9 heteroatoms. The number of imide groups is 1. The molecule has 1 fully saturated rings. The molecule has 1 N–H and O–H groups in total. The molecule has 3 amide bonds. The van der Waals surface area contributed by atoms with Gasteiger partial charge < -0.3 is 10.1 Å². The Balaban J connectivity index is 1.68. The summed E-state index contributed by atoms with van der Waals surface area (Å²) in [5, 5.41) is 3.62. The van der Waals surface area contributed by atoms with Crippen LogP contribution in [0.1, 0.15) is 19.4 Å². The van der Waals surface area contributed by atoms with Crippen molar-refractivity contribution in [2.75, 3.05) is 12.8 Å². The number of nitrogens with zero attached hydrogens (tertiary/aromatic N) is 2. The van der Waals surface area contributed by atoms with Crippen molar-refractivity contribution in [1.82, 2.24) is 15.2 Å². The number of benzene rings is 1. The second kappa shape index (κ2) is 7.36. The van der Waals surface area contributed by atoms with Crippen LogP contribution in [0.2, 0.25) is 5.15 Å². The van der Waals surface area contributed by atoms with Crippen molar-refractivity contribution in [3.63, 3.8) is 0 Å². The van der Waals surface area contributed by atoms with Crippen molar-refractivity contribution in [3.05, 3.63) is 35.0 Å². The Morgan fingerprint density at radius 1 is 1.33 bits per heavy atom. The van der Waals surface area contributed by atoms with Gasteiger partial charge in [0.1, 0.15) is 23.8 Å². The summed E-state index contributed by atoms with van der Waals surface area (Å²) in [5.41, 5.74) is 0.272. The Kier molecular flexibility index (Phi) is 5.30. The topological polar surface area (TPSA) is 88.6 Å². The van der Waals surface area contributed by atoms with E-state index < -0.39 is 30.0 Å². The Hall–Kier alpha value is -2.32. The molecule has 2 aromatic rings. The first-order chi connectivity index (χ1) is 12.7. The van der Waals surface area contributed by atoms with Crippen molar-refractivity contribution >= 4 is 52.2 Å². The van der Waals surface area contributed by atoms with Gasteiger partial charge in [0.15, 0.2) is 0 Å². The van der Waals surface area contributed by atoms with E-state index in [9.17, 15) is 14.4 Å². The molecule has 2 heterocycles. The number of fused-ring (bicyclic) bond motifs is 1. The van der Waals surface area contributed by atoms with E-state index in [-0.39, 0.29) is 11.8 Å². The minimum atomic E-state index is -1.03. The number of hydrogen-bond acceptors (Lipinski definition) is 6. The van der Waals surface area contributed by atoms with Gasteiger partial charge in [-0.25, -0.2) is 9.78 Å². The first-order valence-corrected chi connectivity index (χ1v) is 9.74. The number of rotatable bonds is 5. The normalized spacial score (nSPS) is 15.9. The number of halogens is 1. The van der Waals surface area contributed by atoms with Crippen LogP contribution in [-0.2, 0) is 20.9 Å². The summed E-state index contributed by atoms with van der Waals surface area (Å²) in [5.74, 6) is -1.18. The van der Waals surface area contributed by atoms with E-state index in [2.05, 4.69) is 10.3 Å².